The Morgan fingerprint density at radius 1 is 1.33 bits per heavy atom. The summed E-state index contributed by atoms with van der Waals surface area (Å²) in [5, 5.41) is 11.3. The van der Waals surface area contributed by atoms with Crippen LogP contribution in [0.1, 0.15) is 6.92 Å². The van der Waals surface area contributed by atoms with Crippen LogP contribution in [0.5, 0.6) is 0 Å². The number of aromatic nitrogens is 4. The van der Waals surface area contributed by atoms with Crippen LogP contribution >= 0.6 is 11.8 Å². The maximum atomic E-state index is 11.7. The quantitative estimate of drug-likeness (QED) is 0.720. The summed E-state index contributed by atoms with van der Waals surface area (Å²) in [6, 6.07) is 3.06. The number of rotatable bonds is 4. The van der Waals surface area contributed by atoms with Crippen LogP contribution in [0.2, 0.25) is 0 Å². The Labute approximate surface area is 125 Å². The predicted molar refractivity (Wildman–Crippen MR) is 77.5 cm³/mol. The third kappa shape index (κ3) is 4.02. The molecule has 0 aliphatic heterocycles. The zero-order chi connectivity index (χ0) is 15.2. The molecule has 3 N–H and O–H groups in total. The molecule has 0 fully saturated rings. The number of imide groups is 1. The normalized spacial score (nSPS) is 11.7. The number of hydrogen-bond acceptors (Lipinski definition) is 6. The summed E-state index contributed by atoms with van der Waals surface area (Å²) < 4.78 is 0. The number of hydrogen-bond donors (Lipinski definition) is 3. The maximum absolute atomic E-state index is 11.7. The van der Waals surface area contributed by atoms with Crippen molar-refractivity contribution in [3.63, 3.8) is 0 Å². The van der Waals surface area contributed by atoms with E-state index in [1.54, 1.807) is 31.5 Å². The summed E-state index contributed by atoms with van der Waals surface area (Å²) in [7, 11) is 1.44. The van der Waals surface area contributed by atoms with Crippen LogP contribution in [-0.2, 0) is 4.79 Å². The first-order valence-electron chi connectivity index (χ1n) is 6.12. The van der Waals surface area contributed by atoms with E-state index in [4.69, 9.17) is 0 Å². The number of nitrogens with zero attached hydrogens (tertiary/aromatic N) is 3. The SMILES string of the molecule is CNC(=O)NC(=O)C(C)Sc1n[nH]c(-c2ccncc2)n1. The van der Waals surface area contributed by atoms with E-state index < -0.39 is 17.2 Å². The lowest BCUT2D eigenvalue weighted by Crippen LogP contribution is -2.41. The van der Waals surface area contributed by atoms with E-state index in [1.807, 2.05) is 0 Å². The molecule has 2 aromatic rings. The van der Waals surface area contributed by atoms with E-state index in [9.17, 15) is 9.59 Å². The van der Waals surface area contributed by atoms with Crippen molar-refractivity contribution in [2.75, 3.05) is 7.05 Å². The molecule has 2 heterocycles. The molecule has 0 saturated carbocycles. The second kappa shape index (κ2) is 6.84. The number of thioether (sulfide) groups is 1. The van der Waals surface area contributed by atoms with E-state index in [2.05, 4.69) is 30.8 Å². The van der Waals surface area contributed by atoms with Gasteiger partial charge in [0.05, 0.1) is 5.25 Å². The monoisotopic (exact) mass is 306 g/mol. The minimum Gasteiger partial charge on any atom is -0.341 e. The molecule has 0 spiro atoms. The molecule has 0 bridgehead atoms. The van der Waals surface area contributed by atoms with Gasteiger partial charge >= 0.3 is 6.03 Å². The molecule has 1 unspecified atom stereocenters. The van der Waals surface area contributed by atoms with Crippen LogP contribution in [-0.4, -0.2) is 44.4 Å². The van der Waals surface area contributed by atoms with Crippen molar-refractivity contribution >= 4 is 23.7 Å². The van der Waals surface area contributed by atoms with Gasteiger partial charge in [0.25, 0.3) is 0 Å². The first kappa shape index (κ1) is 15.0. The minimum atomic E-state index is -0.542. The molecule has 0 aliphatic carbocycles. The molecule has 0 saturated heterocycles. The van der Waals surface area contributed by atoms with Crippen molar-refractivity contribution in [2.24, 2.45) is 0 Å². The highest BCUT2D eigenvalue weighted by atomic mass is 32.2. The van der Waals surface area contributed by atoms with E-state index in [1.165, 1.54) is 7.05 Å². The average molecular weight is 306 g/mol. The summed E-state index contributed by atoms with van der Waals surface area (Å²) in [5.41, 5.74) is 0.854. The first-order valence-corrected chi connectivity index (χ1v) is 7.00. The zero-order valence-electron chi connectivity index (χ0n) is 11.5. The molecule has 3 amide bonds. The topological polar surface area (TPSA) is 113 Å². The number of amides is 3. The van der Waals surface area contributed by atoms with Gasteiger partial charge in [0, 0.05) is 25.0 Å². The lowest BCUT2D eigenvalue weighted by atomic mass is 10.3. The second-order valence-electron chi connectivity index (χ2n) is 4.03. The molecule has 8 nitrogen and oxygen atoms in total. The Balaban J connectivity index is 1.99. The molecule has 1 atom stereocenters. The third-order valence-electron chi connectivity index (χ3n) is 2.53. The summed E-state index contributed by atoms with van der Waals surface area (Å²) >= 11 is 1.16. The van der Waals surface area contributed by atoms with Gasteiger partial charge in [0.1, 0.15) is 0 Å². The fourth-order valence-corrected chi connectivity index (χ4v) is 2.15. The second-order valence-corrected chi connectivity index (χ2v) is 5.34. The number of carbonyl (C=O) groups is 2. The smallest absolute Gasteiger partial charge is 0.321 e. The number of H-pyrrole nitrogens is 1. The van der Waals surface area contributed by atoms with Crippen molar-refractivity contribution in [2.45, 2.75) is 17.3 Å². The van der Waals surface area contributed by atoms with Crippen LogP contribution < -0.4 is 10.6 Å². The Hall–Kier alpha value is -2.42. The van der Waals surface area contributed by atoms with Gasteiger partial charge in [-0.25, -0.2) is 9.78 Å². The van der Waals surface area contributed by atoms with Crippen molar-refractivity contribution in [1.29, 1.82) is 0 Å². The summed E-state index contributed by atoms with van der Waals surface area (Å²) in [5.74, 6) is 0.188. The lowest BCUT2D eigenvalue weighted by Gasteiger charge is -2.08. The van der Waals surface area contributed by atoms with E-state index in [-0.39, 0.29) is 0 Å². The number of nitrogens with one attached hydrogen (secondary N) is 3. The molecule has 110 valence electrons. The van der Waals surface area contributed by atoms with Crippen LogP contribution in [0.4, 0.5) is 4.79 Å². The highest BCUT2D eigenvalue weighted by Crippen LogP contribution is 2.22. The average Bonchev–Trinajstić information content (AvgIpc) is 2.96. The van der Waals surface area contributed by atoms with Crippen molar-refractivity contribution in [3.8, 4) is 11.4 Å². The molecule has 0 radical (unpaired) electrons. The molecule has 9 heteroatoms. The zero-order valence-corrected chi connectivity index (χ0v) is 12.3. The van der Waals surface area contributed by atoms with Gasteiger partial charge in [-0.1, -0.05) is 11.8 Å². The van der Waals surface area contributed by atoms with Crippen molar-refractivity contribution in [1.82, 2.24) is 30.8 Å². The molecule has 21 heavy (non-hydrogen) atoms. The standard InChI is InChI=1S/C12H14N6O2S/c1-7(10(19)16-11(20)13-2)21-12-15-9(17-18-12)8-3-5-14-6-4-8/h3-7H,1-2H3,(H,15,17,18)(H2,13,16,19,20). The van der Waals surface area contributed by atoms with Crippen molar-refractivity contribution in [3.05, 3.63) is 24.5 Å². The number of carbonyl (C=O) groups excluding carboxylic acids is 2. The van der Waals surface area contributed by atoms with Crippen molar-refractivity contribution < 1.29 is 9.59 Å². The van der Waals surface area contributed by atoms with Crippen LogP contribution in [0.3, 0.4) is 0 Å². The van der Waals surface area contributed by atoms with Gasteiger partial charge in [0.2, 0.25) is 11.1 Å². The van der Waals surface area contributed by atoms with Gasteiger partial charge in [-0.3, -0.25) is 20.2 Å². The fourth-order valence-electron chi connectivity index (χ4n) is 1.43. The summed E-state index contributed by atoms with van der Waals surface area (Å²) in [4.78, 5) is 31.0. The first-order chi connectivity index (χ1) is 10.1. The Morgan fingerprint density at radius 3 is 2.71 bits per heavy atom. The van der Waals surface area contributed by atoms with E-state index >= 15 is 0 Å². The van der Waals surface area contributed by atoms with Crippen LogP contribution in [0.15, 0.2) is 29.7 Å². The maximum Gasteiger partial charge on any atom is 0.321 e. The van der Waals surface area contributed by atoms with E-state index in [0.29, 0.717) is 11.0 Å². The Bertz CT molecular complexity index is 630. The fraction of sp³-hybridized carbons (Fsp3) is 0.250. The third-order valence-corrected chi connectivity index (χ3v) is 3.49. The van der Waals surface area contributed by atoms with Gasteiger partial charge in [-0.05, 0) is 19.1 Å². The minimum absolute atomic E-state index is 0.408. The highest BCUT2D eigenvalue weighted by molar-refractivity contribution is 8.00. The summed E-state index contributed by atoms with van der Waals surface area (Å²) in [6.45, 7) is 1.67. The van der Waals surface area contributed by atoms with E-state index in [0.717, 1.165) is 17.3 Å². The Morgan fingerprint density at radius 2 is 2.05 bits per heavy atom. The predicted octanol–water partition coefficient (Wildman–Crippen LogP) is 0.803. The van der Waals surface area contributed by atoms with Gasteiger partial charge in [0.15, 0.2) is 5.82 Å². The summed E-state index contributed by atoms with van der Waals surface area (Å²) in [6.07, 6.45) is 3.31. The van der Waals surface area contributed by atoms with Gasteiger partial charge < -0.3 is 5.32 Å². The molecule has 2 aromatic heterocycles. The molecule has 2 rings (SSSR count). The number of urea groups is 1. The molecular formula is C12H14N6O2S. The van der Waals surface area contributed by atoms with Gasteiger partial charge in [-0.15, -0.1) is 5.10 Å². The molecule has 0 aliphatic rings. The highest BCUT2D eigenvalue weighted by Gasteiger charge is 2.18. The van der Waals surface area contributed by atoms with Crippen LogP contribution in [0.25, 0.3) is 11.4 Å². The largest absolute Gasteiger partial charge is 0.341 e. The molecular weight excluding hydrogens is 292 g/mol. The molecule has 0 aromatic carbocycles. The Kier molecular flexibility index (Phi) is 4.88. The van der Waals surface area contributed by atoms with Crippen LogP contribution in [0, 0.1) is 0 Å². The van der Waals surface area contributed by atoms with Gasteiger partial charge in [-0.2, -0.15) is 0 Å². The number of pyridine rings is 1. The lowest BCUT2D eigenvalue weighted by molar-refractivity contribution is -0.119. The number of aromatic amines is 1.